The van der Waals surface area contributed by atoms with Crippen molar-refractivity contribution in [1.82, 2.24) is 0 Å². The molecule has 2 unspecified atom stereocenters. The van der Waals surface area contributed by atoms with E-state index in [0.29, 0.717) is 11.8 Å². The number of unbranched alkanes of at least 4 members (excludes halogenated alkanes) is 20. The predicted molar refractivity (Wildman–Crippen MR) is 525 cm³/mol. The van der Waals surface area contributed by atoms with E-state index in [2.05, 4.69) is 329 Å². The average Bonchev–Trinajstić information content (AvgIpc) is 1.57. The second-order valence-electron chi connectivity index (χ2n) is 35.3. The summed E-state index contributed by atoms with van der Waals surface area (Å²) in [4.78, 5) is 4.68. The SMILES string of the molecule is CCC(C)c1ccc(N(c2ccc(Br)cc2)c2ccc(Br)cc2)cc1.CCCCCCCCC1(CCCCCCCC)c2cc(B3OCCCO3)ccc2-c2ccc(B3OCCCO3)cc21.CCCCCCCCC1(CCCCCCCC)c2cc(C)ccc2-c2ccc(-c3ccc(N(c4ccc(C)cc4)c4ccc(C(C)CC)cc4)cc3)cc21. The fourth-order valence-corrected chi connectivity index (χ4v) is 19.6. The quantitative estimate of drug-likeness (QED) is 0.0281. The van der Waals surface area contributed by atoms with Crippen molar-refractivity contribution in [2.75, 3.05) is 36.2 Å². The van der Waals surface area contributed by atoms with Crippen LogP contribution in [0.4, 0.5) is 34.1 Å². The molecule has 14 rings (SSSR count). The molecule has 10 heteroatoms. The van der Waals surface area contributed by atoms with Crippen LogP contribution in [-0.4, -0.2) is 40.7 Å². The lowest BCUT2D eigenvalue weighted by Crippen LogP contribution is -2.42. The third-order valence-corrected chi connectivity index (χ3v) is 27.6. The summed E-state index contributed by atoms with van der Waals surface area (Å²) in [6, 6.07) is 82.1. The number of rotatable bonds is 41. The summed E-state index contributed by atoms with van der Waals surface area (Å²) in [5, 5.41) is 0. The minimum atomic E-state index is -0.252. The second kappa shape index (κ2) is 47.0. The fraction of sp³-hybridized carbons (Fsp3) is 0.455. The standard InChI is InChI=1S/C53H67N.C35H52B2O4.C22H21Br2N/c1-7-10-12-14-16-18-36-53(37-19-17-15-13-11-8-2)51-38-41(5)22-34-49(51)50-35-27-45(39-52(50)53)44-25-32-48(33-26-44)54(46-28-20-40(4)21-29-46)47-30-23-43(24-31-47)42(6)9-3;1-3-5-7-9-11-13-21-35(22-14-12-10-8-6-4-2)33-27-29(36-38-23-15-24-39-36)17-19-31(33)32-20-18-30(28-34(32)35)37-40-25-16-26-41-37;1-3-16(2)17-4-10-20(11-5-17)25(21-12-6-18(23)7-13-21)22-14-8-19(24)9-15-22/h20-35,38-39,42H,7-19,36-37H2,1-6H3;17-20,27-28H,3-16,21-26H2,1-2H3;4-16H,3H2,1-2H3. The molecule has 0 bridgehead atoms. The van der Waals surface area contributed by atoms with Gasteiger partial charge in [0.05, 0.1) is 0 Å². The van der Waals surface area contributed by atoms with Crippen molar-refractivity contribution in [2.24, 2.45) is 0 Å². The molecule has 0 saturated carbocycles. The monoisotopic (exact) mass is 1730 g/mol. The van der Waals surface area contributed by atoms with Crippen LogP contribution < -0.4 is 20.7 Å². The van der Waals surface area contributed by atoms with Crippen molar-refractivity contribution in [3.63, 3.8) is 0 Å². The first-order valence-electron chi connectivity index (χ1n) is 47.2. The first kappa shape index (κ1) is 91.9. The Morgan fingerprint density at radius 2 is 0.575 bits per heavy atom. The van der Waals surface area contributed by atoms with E-state index in [0.717, 1.165) is 78.1 Å². The molecular weight excluding hydrogens is 1590 g/mol. The Balaban J connectivity index is 0.000000176. The predicted octanol–water partition coefficient (Wildman–Crippen LogP) is 32.6. The summed E-state index contributed by atoms with van der Waals surface area (Å²) in [7, 11) is -0.503. The van der Waals surface area contributed by atoms with Crippen LogP contribution >= 0.6 is 31.9 Å². The van der Waals surface area contributed by atoms with Gasteiger partial charge in [0.2, 0.25) is 0 Å². The van der Waals surface area contributed by atoms with Gasteiger partial charge in [-0.3, -0.25) is 0 Å². The number of hydrogen-bond acceptors (Lipinski definition) is 6. The Bertz CT molecular complexity index is 4560. The molecule has 0 N–H and O–H groups in total. The fourth-order valence-electron chi connectivity index (χ4n) is 19.1. The van der Waals surface area contributed by atoms with Crippen LogP contribution in [0.2, 0.25) is 0 Å². The highest BCUT2D eigenvalue weighted by Gasteiger charge is 2.45. The van der Waals surface area contributed by atoms with Gasteiger partial charge in [-0.1, -0.05) is 368 Å². The van der Waals surface area contributed by atoms with Crippen molar-refractivity contribution in [2.45, 2.75) is 297 Å². The number of hydrogen-bond donors (Lipinski definition) is 0. The highest BCUT2D eigenvalue weighted by atomic mass is 79.9. The molecule has 10 aromatic rings. The molecule has 2 aliphatic carbocycles. The molecule has 2 aliphatic heterocycles. The molecule has 10 aromatic carbocycles. The number of fused-ring (bicyclic) bond motifs is 6. The van der Waals surface area contributed by atoms with Gasteiger partial charge < -0.3 is 28.4 Å². The van der Waals surface area contributed by atoms with Gasteiger partial charge in [-0.2, -0.15) is 0 Å². The van der Waals surface area contributed by atoms with E-state index < -0.39 is 0 Å². The third kappa shape index (κ3) is 23.8. The molecular formula is C110H140B2Br2N2O4. The van der Waals surface area contributed by atoms with Gasteiger partial charge in [0.1, 0.15) is 0 Å². The molecule has 2 saturated heterocycles. The zero-order valence-corrected chi connectivity index (χ0v) is 78.0. The van der Waals surface area contributed by atoms with E-state index in [-0.39, 0.29) is 25.1 Å². The Morgan fingerprint density at radius 1 is 0.300 bits per heavy atom. The lowest BCUT2D eigenvalue weighted by molar-refractivity contribution is 0.143. The molecule has 2 atom stereocenters. The van der Waals surface area contributed by atoms with Gasteiger partial charge in [0.25, 0.3) is 0 Å². The Hall–Kier alpha value is -7.27. The molecule has 0 aromatic heterocycles. The molecule has 4 aliphatic rings. The normalized spacial score (nSPS) is 14.7. The molecule has 634 valence electrons. The molecule has 0 radical (unpaired) electrons. The van der Waals surface area contributed by atoms with E-state index in [9.17, 15) is 0 Å². The van der Waals surface area contributed by atoms with Crippen LogP contribution in [0.1, 0.15) is 317 Å². The summed E-state index contributed by atoms with van der Waals surface area (Å²) in [6.45, 7) is 25.9. The maximum absolute atomic E-state index is 6.08. The van der Waals surface area contributed by atoms with Gasteiger partial charge in [-0.05, 0) is 258 Å². The first-order valence-corrected chi connectivity index (χ1v) is 48.8. The van der Waals surface area contributed by atoms with Gasteiger partial charge in [0, 0.05) is 80.3 Å². The second-order valence-corrected chi connectivity index (χ2v) is 37.1. The van der Waals surface area contributed by atoms with Crippen molar-refractivity contribution in [3.05, 3.63) is 272 Å². The summed E-state index contributed by atoms with van der Waals surface area (Å²) < 4.78 is 26.5. The maximum atomic E-state index is 6.08. The average molecular weight is 1740 g/mol. The molecule has 2 fully saturated rings. The van der Waals surface area contributed by atoms with Crippen molar-refractivity contribution in [3.8, 4) is 33.4 Å². The Kier molecular flexibility index (Phi) is 36.0. The highest BCUT2D eigenvalue weighted by molar-refractivity contribution is 9.10. The maximum Gasteiger partial charge on any atom is 0.493 e. The lowest BCUT2D eigenvalue weighted by atomic mass is 9.67. The van der Waals surface area contributed by atoms with Gasteiger partial charge in [0.15, 0.2) is 0 Å². The summed E-state index contributed by atoms with van der Waals surface area (Å²) >= 11 is 7.05. The number of aryl methyl sites for hydroxylation is 2. The van der Waals surface area contributed by atoms with E-state index in [1.807, 2.05) is 0 Å². The van der Waals surface area contributed by atoms with Crippen molar-refractivity contribution >= 4 is 91.1 Å². The Labute approximate surface area is 743 Å². The highest BCUT2D eigenvalue weighted by Crippen LogP contribution is 2.57. The van der Waals surface area contributed by atoms with Gasteiger partial charge in [-0.15, -0.1) is 0 Å². The molecule has 120 heavy (non-hydrogen) atoms. The van der Waals surface area contributed by atoms with Crippen molar-refractivity contribution < 1.29 is 18.6 Å². The van der Waals surface area contributed by atoms with E-state index in [1.165, 1.54) is 275 Å². The minimum absolute atomic E-state index is 0.00946. The summed E-state index contributed by atoms with van der Waals surface area (Å²) in [5.74, 6) is 1.15. The zero-order chi connectivity index (χ0) is 84.1. The van der Waals surface area contributed by atoms with E-state index in [1.54, 1.807) is 11.1 Å². The van der Waals surface area contributed by atoms with Crippen LogP contribution in [-0.2, 0) is 29.4 Å². The number of nitrogens with zero attached hydrogens (tertiary/aromatic N) is 2. The smallest absolute Gasteiger partial charge is 0.407 e. The molecule has 2 heterocycles. The van der Waals surface area contributed by atoms with Crippen LogP contribution in [0, 0.1) is 13.8 Å². The minimum Gasteiger partial charge on any atom is -0.407 e. The van der Waals surface area contributed by atoms with E-state index in [4.69, 9.17) is 18.6 Å². The number of halogens is 2. The third-order valence-electron chi connectivity index (χ3n) is 26.5. The Morgan fingerprint density at radius 3 is 0.925 bits per heavy atom. The molecule has 0 spiro atoms. The topological polar surface area (TPSA) is 43.4 Å². The summed E-state index contributed by atoms with van der Waals surface area (Å²) in [6.07, 6.45) is 41.1. The van der Waals surface area contributed by atoms with Gasteiger partial charge >= 0.3 is 14.2 Å². The van der Waals surface area contributed by atoms with Crippen LogP contribution in [0.5, 0.6) is 0 Å². The zero-order valence-electron chi connectivity index (χ0n) is 74.8. The van der Waals surface area contributed by atoms with E-state index >= 15 is 0 Å². The number of benzene rings is 10. The molecule has 6 nitrogen and oxygen atoms in total. The largest absolute Gasteiger partial charge is 0.493 e. The van der Waals surface area contributed by atoms with Gasteiger partial charge in [-0.25, -0.2) is 0 Å². The van der Waals surface area contributed by atoms with Crippen LogP contribution in [0.3, 0.4) is 0 Å². The first-order chi connectivity index (χ1) is 58.7. The van der Waals surface area contributed by atoms with Crippen LogP contribution in [0.15, 0.2) is 227 Å². The number of anilines is 6. The molecule has 0 amide bonds. The van der Waals surface area contributed by atoms with Crippen LogP contribution in [0.25, 0.3) is 33.4 Å². The lowest BCUT2D eigenvalue weighted by Gasteiger charge is -2.34. The summed E-state index contributed by atoms with van der Waals surface area (Å²) in [5.41, 5.74) is 29.4. The van der Waals surface area contributed by atoms with Crippen molar-refractivity contribution in [1.29, 1.82) is 0 Å².